The Bertz CT molecular complexity index is 3600. The highest BCUT2D eigenvalue weighted by Gasteiger charge is 2.19. The molecular weight excluding hydrogens is 871 g/mol. The fourth-order valence-corrected chi connectivity index (χ4v) is 10.1. The van der Waals surface area contributed by atoms with Crippen LogP contribution in [0, 0.1) is 0 Å². The molecule has 0 unspecified atom stereocenters. The van der Waals surface area contributed by atoms with Gasteiger partial charge in [0, 0.05) is 35.3 Å². The highest BCUT2D eigenvalue weighted by molar-refractivity contribution is 5.97. The van der Waals surface area contributed by atoms with Gasteiger partial charge in [0.1, 0.15) is 0 Å². The summed E-state index contributed by atoms with van der Waals surface area (Å²) in [6.07, 6.45) is 14.6. The highest BCUT2D eigenvalue weighted by atomic mass is 14.7. The molecule has 0 aliphatic heterocycles. The Morgan fingerprint density at radius 2 is 0.583 bits per heavy atom. The molecule has 0 saturated carbocycles. The largest absolute Gasteiger partial charge is 0.256 e. The first kappa shape index (κ1) is 43.9. The first-order chi connectivity index (χ1) is 35.7. The smallest absolute Gasteiger partial charge is 0.0702 e. The third kappa shape index (κ3) is 9.04. The molecule has 0 saturated heterocycles. The van der Waals surface area contributed by atoms with Gasteiger partial charge in [0.05, 0.1) is 17.1 Å². The normalized spacial score (nSPS) is 12.1. The molecular formula is C69H49N3. The van der Waals surface area contributed by atoms with E-state index in [-0.39, 0.29) is 0 Å². The van der Waals surface area contributed by atoms with Gasteiger partial charge < -0.3 is 0 Å². The van der Waals surface area contributed by atoms with Crippen LogP contribution < -0.4 is 0 Å². The molecule has 3 nitrogen and oxygen atoms in total. The van der Waals surface area contributed by atoms with Crippen molar-refractivity contribution in [2.24, 2.45) is 0 Å². The van der Waals surface area contributed by atoms with Crippen LogP contribution in [0.25, 0.3) is 117 Å². The molecule has 1 aliphatic carbocycles. The van der Waals surface area contributed by atoms with E-state index in [0.717, 1.165) is 125 Å². The lowest BCUT2D eigenvalue weighted by Gasteiger charge is -2.19. The van der Waals surface area contributed by atoms with Gasteiger partial charge in [-0.05, 0) is 163 Å². The predicted octanol–water partition coefficient (Wildman–Crippen LogP) is 18.3. The van der Waals surface area contributed by atoms with E-state index in [2.05, 4.69) is 234 Å². The molecule has 72 heavy (non-hydrogen) atoms. The molecule has 0 amide bonds. The molecule has 3 heteroatoms. The van der Waals surface area contributed by atoms with Crippen molar-refractivity contribution in [2.45, 2.75) is 12.8 Å². The lowest BCUT2D eigenvalue weighted by Crippen LogP contribution is -1.94. The number of hydrogen-bond donors (Lipinski definition) is 0. The predicted molar refractivity (Wildman–Crippen MR) is 301 cm³/mol. The summed E-state index contributed by atoms with van der Waals surface area (Å²) in [6, 6.07) is 85.3. The quantitative estimate of drug-likeness (QED) is 0.130. The Labute approximate surface area is 421 Å². The minimum Gasteiger partial charge on any atom is -0.256 e. The topological polar surface area (TPSA) is 38.7 Å². The van der Waals surface area contributed by atoms with Gasteiger partial charge in [-0.3, -0.25) is 15.0 Å². The molecule has 12 rings (SSSR count). The Kier molecular flexibility index (Phi) is 12.2. The Morgan fingerprint density at radius 1 is 0.236 bits per heavy atom. The van der Waals surface area contributed by atoms with E-state index < -0.39 is 0 Å². The second-order valence-corrected chi connectivity index (χ2v) is 18.2. The van der Waals surface area contributed by atoms with Crippen molar-refractivity contribution in [1.82, 2.24) is 15.0 Å². The molecule has 3 aromatic heterocycles. The van der Waals surface area contributed by atoms with Crippen LogP contribution in [0.1, 0.15) is 18.4 Å². The number of benzene rings is 8. The zero-order chi connectivity index (χ0) is 48.1. The van der Waals surface area contributed by atoms with Crippen molar-refractivity contribution in [3.8, 4) is 112 Å². The number of aromatic nitrogens is 3. The third-order valence-electron chi connectivity index (χ3n) is 13.8. The van der Waals surface area contributed by atoms with Gasteiger partial charge >= 0.3 is 0 Å². The van der Waals surface area contributed by atoms with E-state index in [9.17, 15) is 0 Å². The van der Waals surface area contributed by atoms with Crippen molar-refractivity contribution in [1.29, 1.82) is 0 Å². The van der Waals surface area contributed by atoms with Crippen molar-refractivity contribution >= 4 is 5.57 Å². The number of rotatable bonds is 11. The van der Waals surface area contributed by atoms with Crippen LogP contribution in [0.5, 0.6) is 0 Å². The van der Waals surface area contributed by atoms with Crippen molar-refractivity contribution in [3.05, 3.63) is 279 Å². The van der Waals surface area contributed by atoms with E-state index in [1.807, 2.05) is 48.9 Å². The zero-order valence-corrected chi connectivity index (χ0v) is 39.7. The SMILES string of the molecule is C1=CC(c2ccc(-c3cc(-c4ccccn4)ccc3-c3ccccc3-c3cc(-c4ccccc4-c4ccc(-c5ccccn5)cc4)cc(-c4ccccc4-c4ccc(-c5ccccn5)cc4)c3)cc2)=CCC1. The van der Waals surface area contributed by atoms with Crippen LogP contribution in [0.3, 0.4) is 0 Å². The lowest BCUT2D eigenvalue weighted by atomic mass is 9.84. The molecule has 11 aromatic rings. The summed E-state index contributed by atoms with van der Waals surface area (Å²) in [5.74, 6) is 0. The molecule has 8 aromatic carbocycles. The number of allylic oxidation sites excluding steroid dienone is 4. The molecule has 0 radical (unpaired) electrons. The Morgan fingerprint density at radius 3 is 1.01 bits per heavy atom. The van der Waals surface area contributed by atoms with Crippen LogP contribution in [0.2, 0.25) is 0 Å². The van der Waals surface area contributed by atoms with Gasteiger partial charge in [0.15, 0.2) is 0 Å². The van der Waals surface area contributed by atoms with Gasteiger partial charge in [-0.2, -0.15) is 0 Å². The number of pyridine rings is 3. The van der Waals surface area contributed by atoms with Crippen molar-refractivity contribution < 1.29 is 0 Å². The first-order valence-corrected chi connectivity index (χ1v) is 24.7. The monoisotopic (exact) mass is 919 g/mol. The van der Waals surface area contributed by atoms with E-state index in [1.165, 1.54) is 11.1 Å². The second-order valence-electron chi connectivity index (χ2n) is 18.2. The standard InChI is InChI=1S/C69H49N3/c1-2-16-48(17-3-1)49-27-29-52(30-28-49)66-47-55(69-26-12-15-43-72-69)39-40-65(66)64-23-9-8-22-63(64)58-45-56(61-20-6-4-18-59(61)50-31-35-53(36-32-50)67-24-10-13-41-70-67)44-57(46-58)62-21-7-5-19-60(62)51-33-37-54(38-34-51)68-25-11-14-42-71-68/h2,4-47H,1,3H2. The summed E-state index contributed by atoms with van der Waals surface area (Å²) in [5, 5.41) is 0. The molecule has 0 atom stereocenters. The minimum atomic E-state index is 0.945. The van der Waals surface area contributed by atoms with Crippen LogP contribution in [-0.4, -0.2) is 15.0 Å². The number of nitrogens with zero attached hydrogens (tertiary/aromatic N) is 3. The summed E-state index contributed by atoms with van der Waals surface area (Å²) in [5.41, 5.74) is 24.7. The summed E-state index contributed by atoms with van der Waals surface area (Å²) in [4.78, 5) is 14.0. The summed E-state index contributed by atoms with van der Waals surface area (Å²) in [7, 11) is 0. The molecule has 0 N–H and O–H groups in total. The van der Waals surface area contributed by atoms with E-state index in [0.29, 0.717) is 0 Å². The van der Waals surface area contributed by atoms with E-state index in [1.54, 1.807) is 0 Å². The van der Waals surface area contributed by atoms with Gasteiger partial charge in [-0.1, -0.05) is 194 Å². The summed E-state index contributed by atoms with van der Waals surface area (Å²) in [6.45, 7) is 0. The Balaban J connectivity index is 1.03. The average molecular weight is 920 g/mol. The van der Waals surface area contributed by atoms with Crippen LogP contribution >= 0.6 is 0 Å². The minimum absolute atomic E-state index is 0.945. The molecule has 3 heterocycles. The summed E-state index contributed by atoms with van der Waals surface area (Å²) < 4.78 is 0. The van der Waals surface area contributed by atoms with Crippen LogP contribution in [0.15, 0.2) is 273 Å². The molecule has 340 valence electrons. The van der Waals surface area contributed by atoms with Crippen molar-refractivity contribution in [3.63, 3.8) is 0 Å². The highest BCUT2D eigenvalue weighted by Crippen LogP contribution is 2.45. The maximum absolute atomic E-state index is 4.78. The summed E-state index contributed by atoms with van der Waals surface area (Å²) >= 11 is 0. The van der Waals surface area contributed by atoms with Crippen LogP contribution in [-0.2, 0) is 0 Å². The van der Waals surface area contributed by atoms with Crippen molar-refractivity contribution in [2.75, 3.05) is 0 Å². The van der Waals surface area contributed by atoms with E-state index in [4.69, 9.17) is 4.98 Å². The molecule has 0 bridgehead atoms. The molecule has 1 aliphatic rings. The van der Waals surface area contributed by atoms with Crippen LogP contribution in [0.4, 0.5) is 0 Å². The average Bonchev–Trinajstić information content (AvgIpc) is 3.48. The van der Waals surface area contributed by atoms with E-state index >= 15 is 0 Å². The number of hydrogen-bond acceptors (Lipinski definition) is 3. The maximum atomic E-state index is 4.78. The molecule has 0 fully saturated rings. The fraction of sp³-hybridized carbons (Fsp3) is 0.0290. The first-order valence-electron chi connectivity index (χ1n) is 24.7. The fourth-order valence-electron chi connectivity index (χ4n) is 10.1. The Hall–Kier alpha value is -9.31. The van der Waals surface area contributed by atoms with Gasteiger partial charge in [0.25, 0.3) is 0 Å². The maximum Gasteiger partial charge on any atom is 0.0702 e. The molecule has 0 spiro atoms. The third-order valence-corrected chi connectivity index (χ3v) is 13.8. The second kappa shape index (κ2) is 20.0. The zero-order valence-electron chi connectivity index (χ0n) is 39.7. The van der Waals surface area contributed by atoms with Gasteiger partial charge in [-0.25, -0.2) is 0 Å². The van der Waals surface area contributed by atoms with Gasteiger partial charge in [-0.15, -0.1) is 0 Å². The van der Waals surface area contributed by atoms with Gasteiger partial charge in [0.2, 0.25) is 0 Å². The lowest BCUT2D eigenvalue weighted by molar-refractivity contribution is 1.04.